The number of nitrogen functional groups attached to an aromatic ring is 1. The number of anilines is 1. The molecule has 0 saturated carbocycles. The van der Waals surface area contributed by atoms with Crippen molar-refractivity contribution in [2.24, 2.45) is 0 Å². The van der Waals surface area contributed by atoms with Crippen LogP contribution in [-0.4, -0.2) is 9.97 Å². The van der Waals surface area contributed by atoms with Gasteiger partial charge in [-0.05, 0) is 36.1 Å². The zero-order valence-electron chi connectivity index (χ0n) is 10.1. The minimum Gasteiger partial charge on any atom is -0.436 e. The summed E-state index contributed by atoms with van der Waals surface area (Å²) in [5, 5.41) is 2.86. The first-order chi connectivity index (χ1) is 9.15. The Balaban J connectivity index is 2.09. The van der Waals surface area contributed by atoms with Crippen molar-refractivity contribution in [2.75, 3.05) is 5.73 Å². The topological polar surface area (TPSA) is 61.0 Å². The van der Waals surface area contributed by atoms with Crippen LogP contribution in [0.25, 0.3) is 10.2 Å². The second-order valence-corrected chi connectivity index (χ2v) is 5.87. The molecule has 0 aliphatic heterocycles. The fraction of sp³-hybridized carbons (Fsp3) is 0.0769. The van der Waals surface area contributed by atoms with Gasteiger partial charge in [0.1, 0.15) is 11.2 Å². The summed E-state index contributed by atoms with van der Waals surface area (Å²) in [7, 11) is 0. The third-order valence-electron chi connectivity index (χ3n) is 2.69. The van der Waals surface area contributed by atoms with E-state index in [-0.39, 0.29) is 0 Å². The third-order valence-corrected chi connectivity index (χ3v) is 3.97. The molecule has 1 aromatic carbocycles. The molecule has 3 aromatic rings. The van der Waals surface area contributed by atoms with Gasteiger partial charge < -0.3 is 10.5 Å². The number of fused-ring (bicyclic) bond motifs is 1. The first-order valence-corrected chi connectivity index (χ1v) is 7.24. The Bertz CT molecular complexity index is 733. The lowest BCUT2D eigenvalue weighted by Gasteiger charge is -2.11. The monoisotopic (exact) mass is 335 g/mol. The Kier molecular flexibility index (Phi) is 3.12. The van der Waals surface area contributed by atoms with Gasteiger partial charge in [0.05, 0.1) is 11.1 Å². The molecule has 6 heteroatoms. The van der Waals surface area contributed by atoms with Crippen molar-refractivity contribution in [2.45, 2.75) is 6.92 Å². The van der Waals surface area contributed by atoms with E-state index in [1.807, 2.05) is 30.5 Å². The van der Waals surface area contributed by atoms with Gasteiger partial charge in [-0.2, -0.15) is 0 Å². The Labute approximate surface area is 122 Å². The molecule has 0 fully saturated rings. The smallest absolute Gasteiger partial charge is 0.231 e. The zero-order valence-corrected chi connectivity index (χ0v) is 12.5. The summed E-state index contributed by atoms with van der Waals surface area (Å²) in [4.78, 5) is 9.28. The highest BCUT2D eigenvalue weighted by atomic mass is 79.9. The molecule has 0 amide bonds. The van der Waals surface area contributed by atoms with E-state index in [9.17, 15) is 0 Å². The number of aryl methyl sites for hydroxylation is 1. The molecule has 2 heterocycles. The van der Waals surface area contributed by atoms with Crippen molar-refractivity contribution in [3.8, 4) is 11.6 Å². The number of halogens is 1. The van der Waals surface area contributed by atoms with Crippen molar-refractivity contribution < 1.29 is 4.74 Å². The van der Waals surface area contributed by atoms with Crippen molar-refractivity contribution in [1.82, 2.24) is 9.97 Å². The third kappa shape index (κ3) is 2.29. The van der Waals surface area contributed by atoms with Crippen LogP contribution in [0.3, 0.4) is 0 Å². The van der Waals surface area contributed by atoms with Crippen LogP contribution in [0.1, 0.15) is 5.56 Å². The van der Waals surface area contributed by atoms with Crippen LogP contribution in [0.15, 0.2) is 34.4 Å². The lowest BCUT2D eigenvalue weighted by Crippen LogP contribution is -1.97. The van der Waals surface area contributed by atoms with Crippen LogP contribution in [0.5, 0.6) is 11.6 Å². The fourth-order valence-electron chi connectivity index (χ4n) is 1.84. The van der Waals surface area contributed by atoms with Crippen molar-refractivity contribution in [1.29, 1.82) is 0 Å². The predicted octanol–water partition coefficient (Wildman–Crippen LogP) is 4.14. The number of rotatable bonds is 2. The van der Waals surface area contributed by atoms with E-state index in [2.05, 4.69) is 25.9 Å². The molecule has 0 unspecified atom stereocenters. The lowest BCUT2D eigenvalue weighted by molar-refractivity contribution is 0.467. The Morgan fingerprint density at radius 2 is 2.16 bits per heavy atom. The summed E-state index contributed by atoms with van der Waals surface area (Å²) >= 11 is 4.96. The maximum Gasteiger partial charge on any atom is 0.231 e. The molecular weight excluding hydrogens is 326 g/mol. The molecule has 0 radical (unpaired) electrons. The van der Waals surface area contributed by atoms with Crippen LogP contribution in [0.4, 0.5) is 5.69 Å². The quantitative estimate of drug-likeness (QED) is 0.715. The molecule has 0 aliphatic carbocycles. The van der Waals surface area contributed by atoms with Gasteiger partial charge in [-0.15, -0.1) is 11.3 Å². The second-order valence-electron chi connectivity index (χ2n) is 4.06. The summed E-state index contributed by atoms with van der Waals surface area (Å²) < 4.78 is 6.81. The number of hydrogen-bond donors (Lipinski definition) is 1. The summed E-state index contributed by atoms with van der Waals surface area (Å²) in [5.74, 6) is 1.16. The maximum atomic E-state index is 5.99. The van der Waals surface area contributed by atoms with Gasteiger partial charge >= 0.3 is 0 Å². The molecule has 3 rings (SSSR count). The van der Waals surface area contributed by atoms with Crippen molar-refractivity contribution in [3.63, 3.8) is 0 Å². The maximum absolute atomic E-state index is 5.99. The Morgan fingerprint density at radius 3 is 2.95 bits per heavy atom. The van der Waals surface area contributed by atoms with Crippen LogP contribution < -0.4 is 10.5 Å². The van der Waals surface area contributed by atoms with Crippen molar-refractivity contribution >= 4 is 43.2 Å². The summed E-state index contributed by atoms with van der Waals surface area (Å²) in [6.45, 7) is 1.95. The largest absolute Gasteiger partial charge is 0.436 e. The minimum absolute atomic E-state index is 0.531. The molecule has 19 heavy (non-hydrogen) atoms. The van der Waals surface area contributed by atoms with E-state index in [0.29, 0.717) is 17.3 Å². The van der Waals surface area contributed by atoms with Crippen LogP contribution >= 0.6 is 27.3 Å². The van der Waals surface area contributed by atoms with Crippen LogP contribution in [0.2, 0.25) is 0 Å². The van der Waals surface area contributed by atoms with Gasteiger partial charge in [-0.25, -0.2) is 9.97 Å². The highest BCUT2D eigenvalue weighted by Crippen LogP contribution is 2.36. The average Bonchev–Trinajstić information content (AvgIpc) is 2.82. The molecule has 0 spiro atoms. The number of nitrogens with zero attached hydrogens (tertiary/aromatic N) is 2. The van der Waals surface area contributed by atoms with E-state index in [0.717, 1.165) is 20.3 Å². The van der Waals surface area contributed by atoms with E-state index < -0.39 is 0 Å². The molecule has 0 aliphatic rings. The second kappa shape index (κ2) is 4.79. The van der Waals surface area contributed by atoms with E-state index in [1.54, 1.807) is 11.3 Å². The van der Waals surface area contributed by atoms with Gasteiger partial charge in [0.25, 0.3) is 0 Å². The molecule has 0 saturated heterocycles. The normalized spacial score (nSPS) is 10.8. The zero-order chi connectivity index (χ0) is 13.4. The minimum atomic E-state index is 0.531. The molecule has 0 bridgehead atoms. The van der Waals surface area contributed by atoms with Gasteiger partial charge in [0.2, 0.25) is 5.88 Å². The molecule has 0 atom stereocenters. The summed E-state index contributed by atoms with van der Waals surface area (Å²) in [6, 6.07) is 5.71. The Morgan fingerprint density at radius 1 is 1.32 bits per heavy atom. The number of nitrogens with two attached hydrogens (primary N) is 1. The molecule has 2 N–H and O–H groups in total. The van der Waals surface area contributed by atoms with Crippen molar-refractivity contribution in [3.05, 3.63) is 39.9 Å². The van der Waals surface area contributed by atoms with Gasteiger partial charge in [-0.3, -0.25) is 0 Å². The average molecular weight is 336 g/mol. The van der Waals surface area contributed by atoms with Gasteiger partial charge in [0, 0.05) is 4.47 Å². The molecule has 96 valence electrons. The number of hydrogen-bond acceptors (Lipinski definition) is 5. The highest BCUT2D eigenvalue weighted by molar-refractivity contribution is 9.10. The molecular formula is C13H10BrN3OS. The number of benzene rings is 1. The summed E-state index contributed by atoms with van der Waals surface area (Å²) in [5.41, 5.74) is 7.52. The standard InChI is InChI=1S/C13H10BrN3OS/c1-7-4-8(14)5-10(15)11(7)18-12-9-2-3-19-13(9)17-6-16-12/h2-6H,15H2,1H3. The summed E-state index contributed by atoms with van der Waals surface area (Å²) in [6.07, 6.45) is 1.50. The van der Waals surface area contributed by atoms with E-state index in [4.69, 9.17) is 10.5 Å². The van der Waals surface area contributed by atoms with Gasteiger partial charge in [-0.1, -0.05) is 15.9 Å². The molecule has 4 nitrogen and oxygen atoms in total. The fourth-order valence-corrected chi connectivity index (χ4v) is 3.15. The van der Waals surface area contributed by atoms with Crippen LogP contribution in [0, 0.1) is 6.92 Å². The van der Waals surface area contributed by atoms with Crippen LogP contribution in [-0.2, 0) is 0 Å². The lowest BCUT2D eigenvalue weighted by atomic mass is 10.2. The Hall–Kier alpha value is -1.66. The first-order valence-electron chi connectivity index (χ1n) is 5.57. The SMILES string of the molecule is Cc1cc(Br)cc(N)c1Oc1ncnc2sccc12. The number of thiophene rings is 1. The van der Waals surface area contributed by atoms with E-state index in [1.165, 1.54) is 6.33 Å². The van der Waals surface area contributed by atoms with Gasteiger partial charge in [0.15, 0.2) is 5.75 Å². The first kappa shape index (κ1) is 12.4. The number of aromatic nitrogens is 2. The van der Waals surface area contributed by atoms with E-state index >= 15 is 0 Å². The molecule has 2 aromatic heterocycles. The predicted molar refractivity (Wildman–Crippen MR) is 80.8 cm³/mol. The number of ether oxygens (including phenoxy) is 1. The highest BCUT2D eigenvalue weighted by Gasteiger charge is 2.12.